The molecule has 1 unspecified atom stereocenters. The Hall–Kier alpha value is -3.22. The van der Waals surface area contributed by atoms with Crippen LogP contribution >= 0.6 is 0 Å². The molecule has 0 aliphatic carbocycles. The molecule has 3 heterocycles. The first kappa shape index (κ1) is 17.2. The largest absolute Gasteiger partial charge is 0.323 e. The summed E-state index contributed by atoms with van der Waals surface area (Å²) in [6.07, 6.45) is 4.26. The van der Waals surface area contributed by atoms with Gasteiger partial charge in [0, 0.05) is 29.9 Å². The first-order chi connectivity index (χ1) is 13.1. The molecule has 0 amide bonds. The number of rotatable bonds is 6. The number of nitrogens with zero attached hydrogens (tertiary/aromatic N) is 6. The molecule has 3 aromatic heterocycles. The fourth-order valence-electron chi connectivity index (χ4n) is 3.47. The van der Waals surface area contributed by atoms with Crippen molar-refractivity contribution < 1.29 is 0 Å². The van der Waals surface area contributed by atoms with Crippen LogP contribution in [0, 0.1) is 13.8 Å². The molecule has 4 aromatic rings. The molecule has 0 bridgehead atoms. The Labute approximate surface area is 158 Å². The summed E-state index contributed by atoms with van der Waals surface area (Å²) in [7, 11) is 0. The number of imidazole rings is 1. The van der Waals surface area contributed by atoms with Gasteiger partial charge in [-0.25, -0.2) is 9.97 Å². The third-order valence-corrected chi connectivity index (χ3v) is 4.85. The summed E-state index contributed by atoms with van der Waals surface area (Å²) < 4.78 is 4.23. The van der Waals surface area contributed by atoms with Gasteiger partial charge in [0.2, 0.25) is 0 Å². The molecule has 27 heavy (non-hydrogen) atoms. The van der Waals surface area contributed by atoms with Gasteiger partial charge in [-0.05, 0) is 26.8 Å². The van der Waals surface area contributed by atoms with Crippen LogP contribution in [-0.2, 0) is 13.0 Å². The van der Waals surface area contributed by atoms with Gasteiger partial charge >= 0.3 is 0 Å². The van der Waals surface area contributed by atoms with Gasteiger partial charge in [0.25, 0.3) is 0 Å². The van der Waals surface area contributed by atoms with Gasteiger partial charge in [-0.3, -0.25) is 9.78 Å². The first-order valence-corrected chi connectivity index (χ1v) is 9.11. The lowest BCUT2D eigenvalue weighted by atomic mass is 10.1. The highest BCUT2D eigenvalue weighted by Crippen LogP contribution is 2.27. The highest BCUT2D eigenvalue weighted by atomic mass is 15.3. The van der Waals surface area contributed by atoms with Crippen molar-refractivity contribution in [3.8, 4) is 11.3 Å². The zero-order valence-electron chi connectivity index (χ0n) is 15.8. The maximum atomic E-state index is 4.73. The molecule has 0 saturated heterocycles. The normalized spacial score (nSPS) is 12.4. The van der Waals surface area contributed by atoms with Crippen LogP contribution in [-0.4, -0.2) is 34.5 Å². The van der Waals surface area contributed by atoms with Crippen LogP contribution in [0.2, 0.25) is 0 Å². The van der Waals surface area contributed by atoms with E-state index in [1.807, 2.05) is 31.5 Å². The first-order valence-electron chi connectivity index (χ1n) is 9.11. The molecule has 138 valence electrons. The smallest absolute Gasteiger partial charge is 0.147 e. The predicted molar refractivity (Wildman–Crippen MR) is 103 cm³/mol. The summed E-state index contributed by atoms with van der Waals surface area (Å²) in [6, 6.07) is 12.4. The lowest BCUT2D eigenvalue weighted by molar-refractivity contribution is 0.539. The van der Waals surface area contributed by atoms with E-state index in [1.54, 1.807) is 0 Å². The highest BCUT2D eigenvalue weighted by molar-refractivity contribution is 5.62. The van der Waals surface area contributed by atoms with Crippen LogP contribution in [0.25, 0.3) is 11.3 Å². The Morgan fingerprint density at radius 3 is 2.59 bits per heavy atom. The minimum absolute atomic E-state index is 0.0212. The van der Waals surface area contributed by atoms with E-state index in [0.29, 0.717) is 0 Å². The van der Waals surface area contributed by atoms with Gasteiger partial charge in [-0.15, -0.1) is 0 Å². The van der Waals surface area contributed by atoms with Gasteiger partial charge in [-0.2, -0.15) is 10.2 Å². The van der Waals surface area contributed by atoms with Crippen LogP contribution < -0.4 is 0 Å². The van der Waals surface area contributed by atoms with Crippen molar-refractivity contribution in [3.05, 3.63) is 72.0 Å². The molecule has 0 fully saturated rings. The summed E-state index contributed by atoms with van der Waals surface area (Å²) in [5.41, 5.74) is 5.49. The van der Waals surface area contributed by atoms with Crippen molar-refractivity contribution in [2.24, 2.45) is 0 Å². The summed E-state index contributed by atoms with van der Waals surface area (Å²) >= 11 is 0. The number of aryl methyl sites for hydroxylation is 3. The maximum Gasteiger partial charge on any atom is 0.147 e. The van der Waals surface area contributed by atoms with Crippen molar-refractivity contribution in [1.82, 2.24) is 34.5 Å². The standard InChI is InChI=1S/C20H23N7/c1-14-11-15(2)27(25-14)10-9-18-19(17-7-5-4-6-8-17)22-13-26(18)16(3)20-21-12-23-24-20/h4-8,11-13,16H,9-10H2,1-3H3,(H,21,23,24). The molecule has 1 N–H and O–H groups in total. The monoisotopic (exact) mass is 361 g/mol. The highest BCUT2D eigenvalue weighted by Gasteiger charge is 2.19. The number of H-pyrrole nitrogens is 1. The summed E-state index contributed by atoms with van der Waals surface area (Å²) in [5.74, 6) is 0.819. The van der Waals surface area contributed by atoms with E-state index < -0.39 is 0 Å². The second-order valence-corrected chi connectivity index (χ2v) is 6.76. The topological polar surface area (TPSA) is 77.2 Å². The zero-order chi connectivity index (χ0) is 18.8. The molecule has 0 radical (unpaired) electrons. The van der Waals surface area contributed by atoms with E-state index in [9.17, 15) is 0 Å². The number of hydrogen-bond acceptors (Lipinski definition) is 4. The van der Waals surface area contributed by atoms with Crippen LogP contribution in [0.1, 0.15) is 35.9 Å². The van der Waals surface area contributed by atoms with Gasteiger partial charge in [0.1, 0.15) is 12.2 Å². The summed E-state index contributed by atoms with van der Waals surface area (Å²) in [5, 5.41) is 11.6. The fourth-order valence-corrected chi connectivity index (χ4v) is 3.47. The third kappa shape index (κ3) is 3.40. The van der Waals surface area contributed by atoms with Crippen molar-refractivity contribution >= 4 is 0 Å². The minimum Gasteiger partial charge on any atom is -0.323 e. The Morgan fingerprint density at radius 1 is 1.11 bits per heavy atom. The van der Waals surface area contributed by atoms with Crippen LogP contribution in [0.4, 0.5) is 0 Å². The Kier molecular flexibility index (Phi) is 4.58. The van der Waals surface area contributed by atoms with Gasteiger partial charge in [-0.1, -0.05) is 30.3 Å². The molecular weight excluding hydrogens is 338 g/mol. The van der Waals surface area contributed by atoms with Gasteiger partial charge in [0.05, 0.1) is 23.8 Å². The summed E-state index contributed by atoms with van der Waals surface area (Å²) in [4.78, 5) is 9.05. The molecule has 1 atom stereocenters. The maximum absolute atomic E-state index is 4.73. The van der Waals surface area contributed by atoms with Crippen LogP contribution in [0.3, 0.4) is 0 Å². The van der Waals surface area contributed by atoms with Crippen molar-refractivity contribution in [2.45, 2.75) is 39.8 Å². The van der Waals surface area contributed by atoms with E-state index in [2.05, 4.69) is 61.6 Å². The quantitative estimate of drug-likeness (QED) is 0.571. The van der Waals surface area contributed by atoms with Crippen molar-refractivity contribution in [1.29, 1.82) is 0 Å². The molecule has 0 spiro atoms. The van der Waals surface area contributed by atoms with E-state index in [0.717, 1.165) is 41.4 Å². The molecule has 4 rings (SSSR count). The average molecular weight is 361 g/mol. The van der Waals surface area contributed by atoms with Crippen LogP contribution in [0.5, 0.6) is 0 Å². The lowest BCUT2D eigenvalue weighted by Gasteiger charge is -2.16. The third-order valence-electron chi connectivity index (χ3n) is 4.85. The van der Waals surface area contributed by atoms with Crippen LogP contribution in [0.15, 0.2) is 49.1 Å². The number of benzene rings is 1. The predicted octanol–water partition coefficient (Wildman–Crippen LogP) is 3.33. The van der Waals surface area contributed by atoms with E-state index in [-0.39, 0.29) is 6.04 Å². The van der Waals surface area contributed by atoms with Crippen molar-refractivity contribution in [2.75, 3.05) is 0 Å². The molecule has 7 heteroatoms. The molecule has 1 aromatic carbocycles. The second kappa shape index (κ2) is 7.19. The Morgan fingerprint density at radius 2 is 1.93 bits per heavy atom. The lowest BCUT2D eigenvalue weighted by Crippen LogP contribution is -2.14. The summed E-state index contributed by atoms with van der Waals surface area (Å²) in [6.45, 7) is 7.01. The fraction of sp³-hybridized carbons (Fsp3) is 0.300. The molecule has 0 saturated carbocycles. The molecule has 0 aliphatic heterocycles. The molecule has 7 nitrogen and oxygen atoms in total. The second-order valence-electron chi connectivity index (χ2n) is 6.76. The molecular formula is C20H23N7. The SMILES string of the molecule is Cc1cc(C)n(CCc2c(-c3ccccc3)ncn2C(C)c2ncn[nH]2)n1. The number of hydrogen-bond donors (Lipinski definition) is 1. The Bertz CT molecular complexity index is 1010. The van der Waals surface area contributed by atoms with Gasteiger partial charge < -0.3 is 4.57 Å². The van der Waals surface area contributed by atoms with Gasteiger partial charge in [0.15, 0.2) is 0 Å². The number of aromatic nitrogens is 7. The van der Waals surface area contributed by atoms with E-state index in [4.69, 9.17) is 4.98 Å². The number of aromatic amines is 1. The zero-order valence-corrected chi connectivity index (χ0v) is 15.8. The van der Waals surface area contributed by atoms with E-state index in [1.165, 1.54) is 12.0 Å². The van der Waals surface area contributed by atoms with Crippen molar-refractivity contribution in [3.63, 3.8) is 0 Å². The average Bonchev–Trinajstić information content (AvgIpc) is 3.40. The minimum atomic E-state index is 0.0212. The number of nitrogens with one attached hydrogen (secondary N) is 1. The van der Waals surface area contributed by atoms with E-state index >= 15 is 0 Å². The molecule has 0 aliphatic rings. The Balaban J connectivity index is 1.71.